The minimum Gasteiger partial charge on any atom is -0.493 e. The number of aliphatic hydroxyl groups excluding tert-OH is 1. The summed E-state index contributed by atoms with van der Waals surface area (Å²) in [5.41, 5.74) is 3.57. The molecule has 426 valence electrons. The number of rotatable bonds is 28. The summed E-state index contributed by atoms with van der Waals surface area (Å²) in [6, 6.07) is 6.65. The number of nitrogens with zero attached hydrogens (tertiary/aromatic N) is 5. The Bertz CT molecular complexity index is 2920. The number of anilines is 3. The first-order valence-electron chi connectivity index (χ1n) is 25.5. The number of carbonyl (C=O) groups excluding carboxylic acids is 8. The number of esters is 1. The summed E-state index contributed by atoms with van der Waals surface area (Å²) < 4.78 is 36.9. The normalized spacial score (nSPS) is 14.7. The second-order valence-corrected chi connectivity index (χ2v) is 18.7. The van der Waals surface area contributed by atoms with Crippen molar-refractivity contribution in [2.45, 2.75) is 76.9 Å². The molecule has 0 bridgehead atoms. The molecule has 2 aliphatic rings. The molecule has 6 rings (SSSR count). The van der Waals surface area contributed by atoms with Crippen LogP contribution in [0.15, 0.2) is 66.1 Å². The van der Waals surface area contributed by atoms with Crippen LogP contribution in [-0.4, -0.2) is 162 Å². The van der Waals surface area contributed by atoms with Crippen LogP contribution < -0.4 is 41.4 Å². The zero-order valence-corrected chi connectivity index (χ0v) is 45.3. The number of nitrogens with one attached hydrogen (secondary N) is 6. The molecule has 2 aliphatic heterocycles. The summed E-state index contributed by atoms with van der Waals surface area (Å²) >= 11 is 0. The highest BCUT2D eigenvalue weighted by Crippen LogP contribution is 2.38. The smallest absolute Gasteiger partial charge is 0.407 e. The van der Waals surface area contributed by atoms with E-state index in [4.69, 9.17) is 28.4 Å². The summed E-state index contributed by atoms with van der Waals surface area (Å²) in [4.78, 5) is 109. The number of aryl methyl sites for hydroxylation is 3. The Morgan fingerprint density at radius 1 is 0.772 bits per heavy atom. The first-order chi connectivity index (χ1) is 37.8. The average molecular weight is 1100 g/mol. The fourth-order valence-corrected chi connectivity index (χ4v) is 8.36. The lowest BCUT2D eigenvalue weighted by atomic mass is 10.1. The molecule has 0 saturated carbocycles. The maximum Gasteiger partial charge on any atom is 0.407 e. The van der Waals surface area contributed by atoms with Crippen molar-refractivity contribution in [3.05, 3.63) is 83.7 Å². The number of ether oxygens (including phenoxy) is 6. The quantitative estimate of drug-likeness (QED) is 0.0185. The number of hydrogen-bond acceptors (Lipinski definition) is 16. The molecule has 5 heterocycles. The third-order valence-corrected chi connectivity index (χ3v) is 12.6. The summed E-state index contributed by atoms with van der Waals surface area (Å²) in [6.07, 6.45) is 6.06. The van der Waals surface area contributed by atoms with Gasteiger partial charge >= 0.3 is 12.1 Å². The Morgan fingerprint density at radius 3 is 2.01 bits per heavy atom. The number of fused-ring (bicyclic) bond motifs is 2. The predicted molar refractivity (Wildman–Crippen MR) is 288 cm³/mol. The number of aliphatic imine (C=N–C) groups is 1. The van der Waals surface area contributed by atoms with Gasteiger partial charge in [0.05, 0.1) is 67.4 Å². The van der Waals surface area contributed by atoms with E-state index in [1.807, 2.05) is 6.92 Å². The van der Waals surface area contributed by atoms with E-state index in [1.54, 1.807) is 67.5 Å². The Kier molecular flexibility index (Phi) is 21.3. The number of benzene rings is 1. The molecule has 1 saturated heterocycles. The molecule has 0 spiro atoms. The van der Waals surface area contributed by atoms with Crippen LogP contribution in [0.4, 0.5) is 27.5 Å². The molecule has 7 N–H and O–H groups in total. The van der Waals surface area contributed by atoms with Gasteiger partial charge in [0.1, 0.15) is 29.7 Å². The fourth-order valence-electron chi connectivity index (χ4n) is 8.36. The van der Waals surface area contributed by atoms with Gasteiger partial charge in [0.2, 0.25) is 11.8 Å². The molecular weight excluding hydrogens is 1030 g/mol. The van der Waals surface area contributed by atoms with Crippen molar-refractivity contribution in [2.24, 2.45) is 26.1 Å². The van der Waals surface area contributed by atoms with E-state index in [9.17, 15) is 43.5 Å². The average Bonchev–Trinajstić information content (AvgIpc) is 4.23. The Hall–Kier alpha value is -8.49. The highest BCUT2D eigenvalue weighted by atomic mass is 16.7. The van der Waals surface area contributed by atoms with Crippen molar-refractivity contribution in [3.63, 3.8) is 0 Å². The van der Waals surface area contributed by atoms with Crippen molar-refractivity contribution in [3.8, 4) is 11.5 Å². The van der Waals surface area contributed by atoms with E-state index < -0.39 is 54.1 Å². The van der Waals surface area contributed by atoms with Crippen LogP contribution in [0.3, 0.4) is 0 Å². The lowest BCUT2D eigenvalue weighted by Gasteiger charge is -2.21. The monoisotopic (exact) mass is 1100 g/mol. The predicted octanol–water partition coefficient (Wildman–Crippen LogP) is 3.54. The number of methoxy groups -OCH3 is 2. The molecule has 79 heavy (non-hydrogen) atoms. The number of alkyl carbamates (subject to hydrolysis) is 1. The van der Waals surface area contributed by atoms with Crippen LogP contribution in [0.1, 0.15) is 94.2 Å². The number of aliphatic hydroxyl groups is 1. The van der Waals surface area contributed by atoms with Crippen molar-refractivity contribution in [1.82, 2.24) is 34.6 Å². The van der Waals surface area contributed by atoms with E-state index in [1.165, 1.54) is 48.5 Å². The van der Waals surface area contributed by atoms with Crippen LogP contribution in [-0.2, 0) is 54.5 Å². The van der Waals surface area contributed by atoms with Gasteiger partial charge in [-0.2, -0.15) is 0 Å². The van der Waals surface area contributed by atoms with Crippen molar-refractivity contribution < 1.29 is 71.9 Å². The standard InChI is InChI=1S/C53H69N11O15/c1-9-37(29-65)79-47(75-8)30-78-53(73)55-15-13-46(67)57-32(3)52(72)77-17-11-14-54-48(68)40-20-34(27-61(40)4)59-50(70)42-21-35(28-63(42)6)60-49(69)41-19-33(26-62(41)5)58-45(66)12-10-16-76-44-23-39-38(22-43(44)74-7)51(71)64-25-31(2)18-36(64)24-56-39/h19-24,26-28,32,36-37,47,65H,2,9-18,25,29-30H2,1,3-8H3,(H,54,68)(H,55,73)(H,57,67)(H,58,66)(H,59,70)(H,60,69)/t32-,36+,37?,47?/m0/s1. The van der Waals surface area contributed by atoms with Crippen LogP contribution in [0.5, 0.6) is 11.5 Å². The first kappa shape index (κ1) is 59.7. The zero-order valence-electron chi connectivity index (χ0n) is 45.3. The second-order valence-electron chi connectivity index (χ2n) is 18.7. The zero-order chi connectivity index (χ0) is 57.3. The van der Waals surface area contributed by atoms with Gasteiger partial charge in [0.25, 0.3) is 23.6 Å². The summed E-state index contributed by atoms with van der Waals surface area (Å²) in [5, 5.41) is 25.3. The van der Waals surface area contributed by atoms with E-state index in [-0.39, 0.29) is 93.7 Å². The van der Waals surface area contributed by atoms with Crippen LogP contribution in [0, 0.1) is 0 Å². The van der Waals surface area contributed by atoms with Crippen molar-refractivity contribution in [1.29, 1.82) is 0 Å². The number of amides is 7. The van der Waals surface area contributed by atoms with Gasteiger partial charge in [-0.25, -0.2) is 9.59 Å². The molecule has 1 aromatic carbocycles. The van der Waals surface area contributed by atoms with Gasteiger partial charge in [0.15, 0.2) is 17.8 Å². The number of aromatic nitrogens is 3. The van der Waals surface area contributed by atoms with Gasteiger partial charge in [-0.15, -0.1) is 0 Å². The number of hydrogen-bond donors (Lipinski definition) is 7. The molecule has 7 amide bonds. The molecule has 0 aliphatic carbocycles. The molecule has 4 atom stereocenters. The number of carbonyl (C=O) groups is 8. The molecule has 4 aromatic rings. The Labute approximate surface area is 456 Å². The third-order valence-electron chi connectivity index (χ3n) is 12.6. The van der Waals surface area contributed by atoms with Crippen LogP contribution >= 0.6 is 0 Å². The largest absolute Gasteiger partial charge is 0.493 e. The van der Waals surface area contributed by atoms with Crippen molar-refractivity contribution >= 4 is 76.5 Å². The maximum absolute atomic E-state index is 13.4. The van der Waals surface area contributed by atoms with Gasteiger partial charge in [-0.1, -0.05) is 19.1 Å². The van der Waals surface area contributed by atoms with Crippen LogP contribution in [0.2, 0.25) is 0 Å². The van der Waals surface area contributed by atoms with Gasteiger partial charge in [-0.3, -0.25) is 33.8 Å². The van der Waals surface area contributed by atoms with Gasteiger partial charge < -0.3 is 84.0 Å². The van der Waals surface area contributed by atoms with E-state index in [2.05, 4.69) is 43.5 Å². The lowest BCUT2D eigenvalue weighted by molar-refractivity contribution is -0.181. The molecule has 26 heteroatoms. The lowest BCUT2D eigenvalue weighted by Crippen LogP contribution is -2.41. The first-order valence-corrected chi connectivity index (χ1v) is 25.5. The SMILES string of the molecule is C=C1C[C@@H]2C=Nc3cc(OCCCC(=O)Nc4cc(C(=O)Nc5cc(C(=O)Nc6cc(C(=O)NCCCOC(=O)[C@H](C)NC(=O)CCNC(=O)OCC(OC)OC(CC)CO)n(C)c6)n(C)c5)n(C)c4)c(OC)cc3C(=O)N2C1. The van der Waals surface area contributed by atoms with Crippen LogP contribution in [0.25, 0.3) is 0 Å². The fraction of sp³-hybridized carbons (Fsp3) is 0.453. The molecule has 1 fully saturated rings. The minimum absolute atomic E-state index is 0.0535. The maximum atomic E-state index is 13.4. The molecule has 2 unspecified atom stereocenters. The molecule has 0 radical (unpaired) electrons. The topological polar surface area (TPSA) is 315 Å². The minimum atomic E-state index is -0.987. The second kappa shape index (κ2) is 28.2. The molecule has 26 nitrogen and oxygen atoms in total. The molecule has 3 aromatic heterocycles. The highest BCUT2D eigenvalue weighted by molar-refractivity contribution is 6.08. The summed E-state index contributed by atoms with van der Waals surface area (Å²) in [5.74, 6) is -2.38. The van der Waals surface area contributed by atoms with Crippen molar-refractivity contribution in [2.75, 3.05) is 76.2 Å². The Morgan fingerprint density at radius 2 is 1.41 bits per heavy atom. The van der Waals surface area contributed by atoms with E-state index >= 15 is 0 Å². The Balaban J connectivity index is 0.871. The van der Waals surface area contributed by atoms with E-state index in [0.717, 1.165) is 5.57 Å². The van der Waals surface area contributed by atoms with Gasteiger partial charge in [-0.05, 0) is 56.9 Å². The molecular formula is C53H69N11O15. The van der Waals surface area contributed by atoms with E-state index in [0.29, 0.717) is 65.6 Å². The third kappa shape index (κ3) is 16.5. The summed E-state index contributed by atoms with van der Waals surface area (Å²) in [6.45, 7) is 7.47. The highest BCUT2D eigenvalue weighted by Gasteiger charge is 2.34. The van der Waals surface area contributed by atoms with Gasteiger partial charge in [0, 0.05) is 91.6 Å². The summed E-state index contributed by atoms with van der Waals surface area (Å²) in [7, 11) is 7.77.